The number of alkyl carbamates (subject to hydrolysis) is 1. The van der Waals surface area contributed by atoms with Crippen LogP contribution in [0.2, 0.25) is 0 Å². The molecule has 2 rings (SSSR count). The minimum Gasteiger partial charge on any atom is -0.444 e. The first-order valence-electron chi connectivity index (χ1n) is 5.80. The molecule has 0 bridgehead atoms. The Morgan fingerprint density at radius 2 is 2.25 bits per heavy atom. The Balaban J connectivity index is 1.83. The number of hydrogen-bond acceptors (Lipinski definition) is 4. The molecule has 16 heavy (non-hydrogen) atoms. The number of nitrogens with one attached hydrogen (secondary N) is 2. The van der Waals surface area contributed by atoms with E-state index in [1.54, 1.807) is 0 Å². The van der Waals surface area contributed by atoms with Gasteiger partial charge >= 0.3 is 6.09 Å². The minimum atomic E-state index is -0.452. The molecular weight excluding hydrogens is 208 g/mol. The fraction of sp³-hybridized carbons (Fsp3) is 0.909. The van der Waals surface area contributed by atoms with Crippen LogP contribution < -0.4 is 10.6 Å². The summed E-state index contributed by atoms with van der Waals surface area (Å²) in [5.41, 5.74) is -0.452. The first-order chi connectivity index (χ1) is 7.46. The lowest BCUT2D eigenvalue weighted by molar-refractivity contribution is 0.0409. The second-order valence-electron chi connectivity index (χ2n) is 5.39. The largest absolute Gasteiger partial charge is 0.444 e. The number of amides is 1. The highest BCUT2D eigenvalue weighted by Crippen LogP contribution is 2.22. The zero-order chi connectivity index (χ0) is 11.8. The van der Waals surface area contributed by atoms with Crippen molar-refractivity contribution >= 4 is 6.09 Å². The van der Waals surface area contributed by atoms with Crippen molar-refractivity contribution in [3.8, 4) is 0 Å². The lowest BCUT2D eigenvalue weighted by Crippen LogP contribution is -2.45. The number of ether oxygens (including phenoxy) is 2. The Morgan fingerprint density at radius 3 is 2.94 bits per heavy atom. The van der Waals surface area contributed by atoms with Crippen LogP contribution in [0.1, 0.15) is 27.2 Å². The number of hydrogen-bond donors (Lipinski definition) is 2. The van der Waals surface area contributed by atoms with Gasteiger partial charge in [-0.2, -0.15) is 0 Å². The van der Waals surface area contributed by atoms with E-state index in [9.17, 15) is 4.79 Å². The van der Waals surface area contributed by atoms with Crippen LogP contribution in [0.5, 0.6) is 0 Å². The maximum atomic E-state index is 11.6. The van der Waals surface area contributed by atoms with E-state index in [-0.39, 0.29) is 18.2 Å². The molecule has 0 aromatic heterocycles. The van der Waals surface area contributed by atoms with Gasteiger partial charge < -0.3 is 20.1 Å². The van der Waals surface area contributed by atoms with Crippen molar-refractivity contribution in [1.29, 1.82) is 0 Å². The summed E-state index contributed by atoms with van der Waals surface area (Å²) in [4.78, 5) is 11.6. The van der Waals surface area contributed by atoms with Crippen molar-refractivity contribution in [3.63, 3.8) is 0 Å². The van der Waals surface area contributed by atoms with Crippen LogP contribution in [0, 0.1) is 0 Å². The van der Waals surface area contributed by atoms with Gasteiger partial charge in [-0.25, -0.2) is 4.79 Å². The first-order valence-corrected chi connectivity index (χ1v) is 5.80. The molecule has 92 valence electrons. The highest BCUT2D eigenvalue weighted by molar-refractivity contribution is 5.68. The van der Waals surface area contributed by atoms with Gasteiger partial charge in [0.05, 0.1) is 12.1 Å². The fourth-order valence-electron chi connectivity index (χ4n) is 2.21. The van der Waals surface area contributed by atoms with E-state index in [0.29, 0.717) is 6.04 Å². The van der Waals surface area contributed by atoms with E-state index in [1.165, 1.54) is 0 Å². The number of carbonyl (C=O) groups is 1. The van der Waals surface area contributed by atoms with Gasteiger partial charge in [-0.15, -0.1) is 0 Å². The monoisotopic (exact) mass is 228 g/mol. The average Bonchev–Trinajstić information content (AvgIpc) is 2.66. The maximum Gasteiger partial charge on any atom is 0.408 e. The standard InChI is InChI=1S/C11H20N2O3/c1-11(2,3)16-10(14)13-8-6-12-7-4-5-15-9(7)8/h7-9,12H,4-6H2,1-3H3,(H,13,14)/t7-,8+,9+/m0/s1. The van der Waals surface area contributed by atoms with E-state index in [4.69, 9.17) is 9.47 Å². The summed E-state index contributed by atoms with van der Waals surface area (Å²) in [6.07, 6.45) is 0.764. The molecule has 0 radical (unpaired) electrons. The summed E-state index contributed by atoms with van der Waals surface area (Å²) in [5.74, 6) is 0. The predicted octanol–water partition coefficient (Wildman–Crippen LogP) is 0.640. The molecule has 2 fully saturated rings. The number of fused-ring (bicyclic) bond motifs is 1. The SMILES string of the molecule is CC(C)(C)OC(=O)N[C@@H]1CN[C@H]2CCO[C@H]21. The summed E-state index contributed by atoms with van der Waals surface area (Å²) in [5, 5.41) is 6.20. The van der Waals surface area contributed by atoms with E-state index in [2.05, 4.69) is 10.6 Å². The fourth-order valence-corrected chi connectivity index (χ4v) is 2.21. The summed E-state index contributed by atoms with van der Waals surface area (Å²) < 4.78 is 10.8. The molecule has 2 aliphatic rings. The van der Waals surface area contributed by atoms with Crippen molar-refractivity contribution in [3.05, 3.63) is 0 Å². The van der Waals surface area contributed by atoms with Crippen LogP contribution in [-0.2, 0) is 9.47 Å². The summed E-state index contributed by atoms with van der Waals surface area (Å²) in [6, 6.07) is 0.419. The smallest absolute Gasteiger partial charge is 0.408 e. The molecular formula is C11H20N2O3. The molecule has 1 amide bonds. The number of rotatable bonds is 1. The molecule has 5 heteroatoms. The molecule has 0 aromatic rings. The number of carbonyl (C=O) groups excluding carboxylic acids is 1. The quantitative estimate of drug-likeness (QED) is 0.691. The van der Waals surface area contributed by atoms with E-state index in [0.717, 1.165) is 19.6 Å². The van der Waals surface area contributed by atoms with Crippen LogP contribution >= 0.6 is 0 Å². The van der Waals surface area contributed by atoms with Gasteiger partial charge in [0.25, 0.3) is 0 Å². The molecule has 0 aromatic carbocycles. The highest BCUT2D eigenvalue weighted by atomic mass is 16.6. The van der Waals surface area contributed by atoms with Crippen LogP contribution in [0.3, 0.4) is 0 Å². The van der Waals surface area contributed by atoms with Gasteiger partial charge in [-0.05, 0) is 27.2 Å². The molecule has 5 nitrogen and oxygen atoms in total. The maximum absolute atomic E-state index is 11.6. The molecule has 2 aliphatic heterocycles. The molecule has 2 heterocycles. The molecule has 0 unspecified atom stereocenters. The Morgan fingerprint density at radius 1 is 1.50 bits per heavy atom. The highest BCUT2D eigenvalue weighted by Gasteiger charge is 2.41. The van der Waals surface area contributed by atoms with Gasteiger partial charge in [0.15, 0.2) is 0 Å². The van der Waals surface area contributed by atoms with Crippen molar-refractivity contribution in [2.24, 2.45) is 0 Å². The van der Waals surface area contributed by atoms with Crippen LogP contribution in [0.15, 0.2) is 0 Å². The second kappa shape index (κ2) is 4.22. The Hall–Kier alpha value is -0.810. The Labute approximate surface area is 95.9 Å². The minimum absolute atomic E-state index is 0.0300. The summed E-state index contributed by atoms with van der Waals surface area (Å²) in [7, 11) is 0. The Bertz CT molecular complexity index is 275. The van der Waals surface area contributed by atoms with Crippen molar-refractivity contribution in [2.75, 3.05) is 13.2 Å². The third-order valence-electron chi connectivity index (χ3n) is 2.83. The third-order valence-corrected chi connectivity index (χ3v) is 2.83. The van der Waals surface area contributed by atoms with Crippen LogP contribution in [-0.4, -0.2) is 43.0 Å². The summed E-state index contributed by atoms with van der Waals surface area (Å²) in [6.45, 7) is 7.10. The predicted molar refractivity (Wildman–Crippen MR) is 59.3 cm³/mol. The normalized spacial score (nSPS) is 33.6. The topological polar surface area (TPSA) is 59.6 Å². The van der Waals surface area contributed by atoms with Crippen molar-refractivity contribution in [2.45, 2.75) is 51.0 Å². The van der Waals surface area contributed by atoms with Gasteiger partial charge in [0, 0.05) is 19.2 Å². The van der Waals surface area contributed by atoms with Crippen LogP contribution in [0.25, 0.3) is 0 Å². The molecule has 3 atom stereocenters. The van der Waals surface area contributed by atoms with Crippen molar-refractivity contribution in [1.82, 2.24) is 10.6 Å². The van der Waals surface area contributed by atoms with Gasteiger partial charge in [-0.1, -0.05) is 0 Å². The lowest BCUT2D eigenvalue weighted by atomic mass is 10.1. The molecule has 0 spiro atoms. The van der Waals surface area contributed by atoms with E-state index < -0.39 is 5.60 Å². The van der Waals surface area contributed by atoms with E-state index >= 15 is 0 Å². The lowest BCUT2D eigenvalue weighted by Gasteiger charge is -2.23. The average molecular weight is 228 g/mol. The third kappa shape index (κ3) is 2.65. The molecule has 0 aliphatic carbocycles. The molecule has 0 saturated carbocycles. The Kier molecular flexibility index (Phi) is 3.08. The zero-order valence-electron chi connectivity index (χ0n) is 10.1. The van der Waals surface area contributed by atoms with Gasteiger partial charge in [0.1, 0.15) is 5.60 Å². The van der Waals surface area contributed by atoms with Gasteiger partial charge in [-0.3, -0.25) is 0 Å². The van der Waals surface area contributed by atoms with Crippen molar-refractivity contribution < 1.29 is 14.3 Å². The van der Waals surface area contributed by atoms with Crippen LogP contribution in [0.4, 0.5) is 4.79 Å². The molecule has 2 saturated heterocycles. The molecule has 2 N–H and O–H groups in total. The van der Waals surface area contributed by atoms with Gasteiger partial charge in [0.2, 0.25) is 0 Å². The summed E-state index contributed by atoms with van der Waals surface area (Å²) >= 11 is 0. The zero-order valence-corrected chi connectivity index (χ0v) is 10.1. The van der Waals surface area contributed by atoms with E-state index in [1.807, 2.05) is 20.8 Å². The first kappa shape index (κ1) is 11.7. The second-order valence-corrected chi connectivity index (χ2v) is 5.39.